The van der Waals surface area contributed by atoms with Crippen LogP contribution >= 0.6 is 23.2 Å². The third-order valence-corrected chi connectivity index (χ3v) is 3.55. The van der Waals surface area contributed by atoms with Gasteiger partial charge < -0.3 is 15.6 Å². The third-order valence-electron chi connectivity index (χ3n) is 2.81. The molecule has 0 spiro atoms. The van der Waals surface area contributed by atoms with E-state index in [1.165, 1.54) is 0 Å². The summed E-state index contributed by atoms with van der Waals surface area (Å²) >= 11 is 11.7. The molecule has 1 rings (SSSR count). The molecular formula is C15H19Cl2NO4. The predicted octanol–water partition coefficient (Wildman–Crippen LogP) is 2.91. The second kappa shape index (κ2) is 7.31. The summed E-state index contributed by atoms with van der Waals surface area (Å²) in [7, 11) is 0. The van der Waals surface area contributed by atoms with E-state index in [9.17, 15) is 14.7 Å². The molecule has 0 amide bonds. The average Bonchev–Trinajstić information content (AvgIpc) is 2.31. The number of aliphatic carboxylic acids is 1. The number of esters is 1. The lowest BCUT2D eigenvalue weighted by Gasteiger charge is -2.25. The van der Waals surface area contributed by atoms with Gasteiger partial charge in [-0.2, -0.15) is 0 Å². The quantitative estimate of drug-likeness (QED) is 0.631. The van der Waals surface area contributed by atoms with Crippen molar-refractivity contribution < 1.29 is 19.4 Å². The molecule has 0 heterocycles. The van der Waals surface area contributed by atoms with Gasteiger partial charge in [-0.1, -0.05) is 29.3 Å². The lowest BCUT2D eigenvalue weighted by Crippen LogP contribution is -2.45. The number of hydrogen-bond acceptors (Lipinski definition) is 4. The molecule has 0 saturated heterocycles. The summed E-state index contributed by atoms with van der Waals surface area (Å²) in [5.74, 6) is -3.62. The van der Waals surface area contributed by atoms with Crippen LogP contribution in [0.25, 0.3) is 0 Å². The van der Waals surface area contributed by atoms with Crippen LogP contribution in [-0.4, -0.2) is 28.7 Å². The Morgan fingerprint density at radius 2 is 1.86 bits per heavy atom. The van der Waals surface area contributed by atoms with E-state index in [2.05, 4.69) is 0 Å². The van der Waals surface area contributed by atoms with E-state index in [1.807, 2.05) is 0 Å². The molecule has 0 aliphatic carbocycles. The molecule has 122 valence electrons. The van der Waals surface area contributed by atoms with E-state index in [1.54, 1.807) is 39.0 Å². The average molecular weight is 348 g/mol. The van der Waals surface area contributed by atoms with Crippen LogP contribution in [0.1, 0.15) is 26.3 Å². The van der Waals surface area contributed by atoms with Crippen LogP contribution in [0.15, 0.2) is 18.2 Å². The molecule has 2 atom stereocenters. The van der Waals surface area contributed by atoms with E-state index >= 15 is 0 Å². The summed E-state index contributed by atoms with van der Waals surface area (Å²) in [4.78, 5) is 23.4. The number of halogens is 2. The van der Waals surface area contributed by atoms with Crippen LogP contribution in [0, 0.1) is 5.92 Å². The fraction of sp³-hybridized carbons (Fsp3) is 0.467. The second-order valence-corrected chi connectivity index (χ2v) is 6.78. The van der Waals surface area contributed by atoms with Gasteiger partial charge in [-0.15, -0.1) is 0 Å². The summed E-state index contributed by atoms with van der Waals surface area (Å²) in [5, 5.41) is 9.99. The van der Waals surface area contributed by atoms with Gasteiger partial charge in [-0.3, -0.25) is 9.59 Å². The maximum atomic E-state index is 12.0. The zero-order valence-corrected chi connectivity index (χ0v) is 14.1. The molecule has 0 radical (unpaired) electrons. The Labute approximate surface area is 139 Å². The number of nitrogens with two attached hydrogens (primary N) is 1. The topological polar surface area (TPSA) is 89.6 Å². The Bertz CT molecular complexity index is 569. The largest absolute Gasteiger partial charge is 0.481 e. The van der Waals surface area contributed by atoms with Crippen molar-refractivity contribution in [3.63, 3.8) is 0 Å². The van der Waals surface area contributed by atoms with Gasteiger partial charge in [0.15, 0.2) is 5.92 Å². The smallest absolute Gasteiger partial charge is 0.322 e. The van der Waals surface area contributed by atoms with E-state index in [0.717, 1.165) is 0 Å². The number of rotatable bonds is 5. The Morgan fingerprint density at radius 1 is 1.27 bits per heavy atom. The first-order valence-electron chi connectivity index (χ1n) is 6.66. The molecule has 7 heteroatoms. The molecule has 1 aromatic carbocycles. The molecule has 0 aromatic heterocycles. The fourth-order valence-electron chi connectivity index (χ4n) is 1.88. The Balaban J connectivity index is 2.89. The van der Waals surface area contributed by atoms with Crippen LogP contribution in [0.5, 0.6) is 0 Å². The van der Waals surface area contributed by atoms with Crippen molar-refractivity contribution in [1.29, 1.82) is 0 Å². The van der Waals surface area contributed by atoms with Gasteiger partial charge in [-0.25, -0.2) is 0 Å². The first-order chi connectivity index (χ1) is 10.0. The van der Waals surface area contributed by atoms with Crippen LogP contribution in [-0.2, 0) is 20.7 Å². The minimum absolute atomic E-state index is 0.160. The zero-order chi connectivity index (χ0) is 17.1. The molecule has 0 aliphatic heterocycles. The maximum absolute atomic E-state index is 12.0. The lowest BCUT2D eigenvalue weighted by atomic mass is 9.94. The molecular weight excluding hydrogens is 329 g/mol. The summed E-state index contributed by atoms with van der Waals surface area (Å²) in [6.45, 7) is 4.98. The van der Waals surface area contributed by atoms with Crippen LogP contribution in [0.3, 0.4) is 0 Å². The van der Waals surface area contributed by atoms with Gasteiger partial charge in [0.25, 0.3) is 0 Å². The van der Waals surface area contributed by atoms with E-state index in [-0.39, 0.29) is 6.42 Å². The standard InChI is InChI=1S/C15H19Cl2NO4/c1-15(2,3)22-14(21)12(13(19)20)11(18)7-8-4-5-9(16)10(17)6-8/h4-6,11-12H,7,18H2,1-3H3,(H,19,20)/t11?,12-/m1/s1. The highest BCUT2D eigenvalue weighted by Gasteiger charge is 2.36. The van der Waals surface area contributed by atoms with Crippen molar-refractivity contribution in [2.75, 3.05) is 0 Å². The number of ether oxygens (including phenoxy) is 1. The third kappa shape index (κ3) is 5.48. The highest BCUT2D eigenvalue weighted by atomic mass is 35.5. The number of carbonyl (C=O) groups is 2. The molecule has 1 aromatic rings. The number of benzene rings is 1. The molecule has 0 aliphatic rings. The number of carboxylic acid groups (broad SMARTS) is 1. The first kappa shape index (κ1) is 18.7. The summed E-state index contributed by atoms with van der Waals surface area (Å²) in [6.07, 6.45) is 0.160. The Kier molecular flexibility index (Phi) is 6.23. The second-order valence-electron chi connectivity index (χ2n) is 5.97. The summed E-state index contributed by atoms with van der Waals surface area (Å²) in [6, 6.07) is 3.93. The van der Waals surface area contributed by atoms with Crippen LogP contribution in [0.4, 0.5) is 0 Å². The van der Waals surface area contributed by atoms with Gasteiger partial charge in [0.05, 0.1) is 10.0 Å². The van der Waals surface area contributed by atoms with Crippen molar-refractivity contribution in [3.05, 3.63) is 33.8 Å². The molecule has 3 N–H and O–H groups in total. The van der Waals surface area contributed by atoms with Gasteiger partial charge in [0.1, 0.15) is 5.60 Å². The molecule has 22 heavy (non-hydrogen) atoms. The fourth-order valence-corrected chi connectivity index (χ4v) is 2.20. The Morgan fingerprint density at radius 3 is 2.32 bits per heavy atom. The maximum Gasteiger partial charge on any atom is 0.322 e. The minimum Gasteiger partial charge on any atom is -0.481 e. The molecule has 5 nitrogen and oxygen atoms in total. The minimum atomic E-state index is -1.45. The van der Waals surface area contributed by atoms with Gasteiger partial charge in [0, 0.05) is 6.04 Å². The monoisotopic (exact) mass is 347 g/mol. The lowest BCUT2D eigenvalue weighted by molar-refractivity contribution is -0.167. The molecule has 0 bridgehead atoms. The van der Waals surface area contributed by atoms with Crippen molar-refractivity contribution in [3.8, 4) is 0 Å². The van der Waals surface area contributed by atoms with Gasteiger partial charge >= 0.3 is 11.9 Å². The highest BCUT2D eigenvalue weighted by molar-refractivity contribution is 6.42. The number of carboxylic acids is 1. The molecule has 1 unspecified atom stereocenters. The number of hydrogen-bond donors (Lipinski definition) is 2. The van der Waals surface area contributed by atoms with Crippen molar-refractivity contribution >= 4 is 35.1 Å². The summed E-state index contributed by atoms with van der Waals surface area (Å²) < 4.78 is 5.12. The van der Waals surface area contributed by atoms with Gasteiger partial charge in [-0.05, 0) is 44.9 Å². The zero-order valence-electron chi connectivity index (χ0n) is 12.6. The molecule has 0 saturated carbocycles. The van der Waals surface area contributed by atoms with Crippen molar-refractivity contribution in [1.82, 2.24) is 0 Å². The Hall–Kier alpha value is -1.30. The van der Waals surface area contributed by atoms with Gasteiger partial charge in [0.2, 0.25) is 0 Å². The highest BCUT2D eigenvalue weighted by Crippen LogP contribution is 2.24. The van der Waals surface area contributed by atoms with Crippen LogP contribution in [0.2, 0.25) is 10.0 Å². The van der Waals surface area contributed by atoms with Crippen molar-refractivity contribution in [2.45, 2.75) is 38.8 Å². The normalized spacial score (nSPS) is 14.3. The number of carbonyl (C=O) groups excluding carboxylic acids is 1. The predicted molar refractivity (Wildman–Crippen MR) is 85.1 cm³/mol. The van der Waals surface area contributed by atoms with E-state index in [4.69, 9.17) is 33.7 Å². The van der Waals surface area contributed by atoms with Crippen LogP contribution < -0.4 is 5.73 Å². The molecule has 0 fully saturated rings. The van der Waals surface area contributed by atoms with Crippen molar-refractivity contribution in [2.24, 2.45) is 11.7 Å². The summed E-state index contributed by atoms with van der Waals surface area (Å²) in [5.41, 5.74) is 5.81. The first-order valence-corrected chi connectivity index (χ1v) is 7.42. The van der Waals surface area contributed by atoms with E-state index in [0.29, 0.717) is 15.6 Å². The SMILES string of the molecule is CC(C)(C)OC(=O)[C@@H](C(=O)O)C(N)Cc1ccc(Cl)c(Cl)c1. The van der Waals surface area contributed by atoms with E-state index < -0.39 is 29.5 Å².